The number of oxazole rings is 1. The van der Waals surface area contributed by atoms with Crippen LogP contribution in [0.1, 0.15) is 16.1 Å². The molecule has 0 N–H and O–H groups in total. The van der Waals surface area contributed by atoms with E-state index < -0.39 is 0 Å². The Balaban J connectivity index is 2.52. The molecular weight excluding hydrogens is 178 g/mol. The van der Waals surface area contributed by atoms with Crippen molar-refractivity contribution in [3.05, 3.63) is 42.0 Å². The second-order valence-electron chi connectivity index (χ2n) is 3.00. The molecule has 0 fully saturated rings. The SMILES string of the molecule is Cc1ocnc1-c1cccc(C=O)c1. The third-order valence-corrected chi connectivity index (χ3v) is 2.04. The third kappa shape index (κ3) is 1.44. The van der Waals surface area contributed by atoms with Crippen molar-refractivity contribution in [3.8, 4) is 11.3 Å². The summed E-state index contributed by atoms with van der Waals surface area (Å²) in [6, 6.07) is 7.27. The second kappa shape index (κ2) is 3.46. The van der Waals surface area contributed by atoms with Gasteiger partial charge in [0.15, 0.2) is 6.39 Å². The van der Waals surface area contributed by atoms with Crippen LogP contribution in [0.4, 0.5) is 0 Å². The fourth-order valence-electron chi connectivity index (χ4n) is 1.34. The molecule has 0 bridgehead atoms. The maximum atomic E-state index is 10.6. The number of carbonyl (C=O) groups excluding carboxylic acids is 1. The van der Waals surface area contributed by atoms with Crippen molar-refractivity contribution < 1.29 is 9.21 Å². The van der Waals surface area contributed by atoms with Crippen LogP contribution in [-0.2, 0) is 0 Å². The first kappa shape index (κ1) is 8.69. The predicted molar refractivity (Wildman–Crippen MR) is 52.1 cm³/mol. The number of aromatic nitrogens is 1. The predicted octanol–water partition coefficient (Wildman–Crippen LogP) is 2.46. The Morgan fingerprint density at radius 3 is 2.93 bits per heavy atom. The van der Waals surface area contributed by atoms with Gasteiger partial charge in [0.2, 0.25) is 0 Å². The number of rotatable bonds is 2. The Hall–Kier alpha value is -1.90. The molecule has 1 aromatic heterocycles. The number of hydrogen-bond donors (Lipinski definition) is 0. The Morgan fingerprint density at radius 2 is 2.29 bits per heavy atom. The van der Waals surface area contributed by atoms with Crippen LogP contribution in [0, 0.1) is 6.92 Å². The summed E-state index contributed by atoms with van der Waals surface area (Å²) in [5, 5.41) is 0. The van der Waals surface area contributed by atoms with E-state index in [0.29, 0.717) is 5.56 Å². The fraction of sp³-hybridized carbons (Fsp3) is 0.0909. The van der Waals surface area contributed by atoms with Crippen molar-refractivity contribution >= 4 is 6.29 Å². The summed E-state index contributed by atoms with van der Waals surface area (Å²) in [6.07, 6.45) is 2.22. The van der Waals surface area contributed by atoms with Crippen LogP contribution in [0.5, 0.6) is 0 Å². The molecule has 0 spiro atoms. The van der Waals surface area contributed by atoms with Crippen LogP contribution in [0.15, 0.2) is 35.1 Å². The summed E-state index contributed by atoms with van der Waals surface area (Å²) >= 11 is 0. The minimum absolute atomic E-state index is 0.643. The molecule has 0 aliphatic heterocycles. The maximum Gasteiger partial charge on any atom is 0.181 e. The minimum Gasteiger partial charge on any atom is -0.448 e. The molecule has 14 heavy (non-hydrogen) atoms. The van der Waals surface area contributed by atoms with Gasteiger partial charge in [-0.05, 0) is 13.0 Å². The molecule has 3 nitrogen and oxygen atoms in total. The van der Waals surface area contributed by atoms with Gasteiger partial charge in [-0.15, -0.1) is 0 Å². The van der Waals surface area contributed by atoms with Gasteiger partial charge < -0.3 is 4.42 Å². The fourth-order valence-corrected chi connectivity index (χ4v) is 1.34. The van der Waals surface area contributed by atoms with E-state index in [9.17, 15) is 4.79 Å². The molecule has 70 valence electrons. The largest absolute Gasteiger partial charge is 0.448 e. The van der Waals surface area contributed by atoms with E-state index in [4.69, 9.17) is 4.42 Å². The van der Waals surface area contributed by atoms with Gasteiger partial charge in [0, 0.05) is 11.1 Å². The Bertz CT molecular complexity index is 460. The lowest BCUT2D eigenvalue weighted by molar-refractivity contribution is 0.112. The molecule has 0 atom stereocenters. The zero-order valence-electron chi connectivity index (χ0n) is 7.73. The highest BCUT2D eigenvalue weighted by Crippen LogP contribution is 2.21. The van der Waals surface area contributed by atoms with Gasteiger partial charge in [-0.3, -0.25) is 4.79 Å². The number of hydrogen-bond acceptors (Lipinski definition) is 3. The van der Waals surface area contributed by atoms with Gasteiger partial charge in [-0.1, -0.05) is 18.2 Å². The summed E-state index contributed by atoms with van der Waals surface area (Å²) in [5.41, 5.74) is 2.33. The van der Waals surface area contributed by atoms with Gasteiger partial charge in [0.1, 0.15) is 17.7 Å². The van der Waals surface area contributed by atoms with E-state index in [-0.39, 0.29) is 0 Å². The molecule has 3 heteroatoms. The molecule has 2 rings (SSSR count). The summed E-state index contributed by atoms with van der Waals surface area (Å²) in [5.74, 6) is 0.757. The molecule has 1 heterocycles. The lowest BCUT2D eigenvalue weighted by Crippen LogP contribution is -1.83. The van der Waals surface area contributed by atoms with E-state index in [1.165, 1.54) is 6.39 Å². The minimum atomic E-state index is 0.643. The zero-order valence-corrected chi connectivity index (χ0v) is 7.73. The second-order valence-corrected chi connectivity index (χ2v) is 3.00. The summed E-state index contributed by atoms with van der Waals surface area (Å²) < 4.78 is 5.09. The van der Waals surface area contributed by atoms with Crippen LogP contribution in [0.3, 0.4) is 0 Å². The van der Waals surface area contributed by atoms with E-state index in [2.05, 4.69) is 4.98 Å². The maximum absolute atomic E-state index is 10.6. The topological polar surface area (TPSA) is 43.1 Å². The molecule has 0 radical (unpaired) electrons. The summed E-state index contributed by atoms with van der Waals surface area (Å²) in [7, 11) is 0. The first-order chi connectivity index (χ1) is 6.81. The van der Waals surface area contributed by atoms with Gasteiger partial charge in [-0.25, -0.2) is 4.98 Å². The Kier molecular flexibility index (Phi) is 2.14. The number of nitrogens with zero attached hydrogens (tertiary/aromatic N) is 1. The molecule has 0 amide bonds. The van der Waals surface area contributed by atoms with E-state index >= 15 is 0 Å². The van der Waals surface area contributed by atoms with E-state index in [0.717, 1.165) is 23.3 Å². The molecule has 0 saturated heterocycles. The molecule has 0 aliphatic carbocycles. The standard InChI is InChI=1S/C11H9NO2/c1-8-11(12-7-14-8)10-4-2-3-9(5-10)6-13/h2-7H,1H3. The number of aldehydes is 1. The zero-order chi connectivity index (χ0) is 9.97. The Labute approximate surface area is 81.4 Å². The lowest BCUT2D eigenvalue weighted by Gasteiger charge is -1.97. The van der Waals surface area contributed by atoms with E-state index in [1.807, 2.05) is 19.1 Å². The third-order valence-electron chi connectivity index (χ3n) is 2.04. The van der Waals surface area contributed by atoms with Crippen molar-refractivity contribution in [2.24, 2.45) is 0 Å². The molecule has 0 aliphatic rings. The first-order valence-corrected chi connectivity index (χ1v) is 4.27. The van der Waals surface area contributed by atoms with Crippen LogP contribution in [-0.4, -0.2) is 11.3 Å². The van der Waals surface area contributed by atoms with Crippen LogP contribution < -0.4 is 0 Å². The molecule has 0 unspecified atom stereocenters. The van der Waals surface area contributed by atoms with Crippen molar-refractivity contribution in [2.75, 3.05) is 0 Å². The van der Waals surface area contributed by atoms with E-state index in [1.54, 1.807) is 12.1 Å². The monoisotopic (exact) mass is 187 g/mol. The number of benzene rings is 1. The van der Waals surface area contributed by atoms with Crippen molar-refractivity contribution in [1.82, 2.24) is 4.98 Å². The molecule has 2 aromatic rings. The number of aryl methyl sites for hydroxylation is 1. The van der Waals surface area contributed by atoms with Gasteiger partial charge in [0.05, 0.1) is 0 Å². The summed E-state index contributed by atoms with van der Waals surface area (Å²) in [4.78, 5) is 14.6. The normalized spacial score (nSPS) is 10.1. The molecular formula is C11H9NO2. The highest BCUT2D eigenvalue weighted by Gasteiger charge is 2.06. The first-order valence-electron chi connectivity index (χ1n) is 4.27. The lowest BCUT2D eigenvalue weighted by atomic mass is 10.1. The highest BCUT2D eigenvalue weighted by molar-refractivity contribution is 5.78. The number of carbonyl (C=O) groups is 1. The van der Waals surface area contributed by atoms with Gasteiger partial charge in [0.25, 0.3) is 0 Å². The highest BCUT2D eigenvalue weighted by atomic mass is 16.3. The quantitative estimate of drug-likeness (QED) is 0.678. The molecule has 0 saturated carbocycles. The van der Waals surface area contributed by atoms with Crippen molar-refractivity contribution in [3.63, 3.8) is 0 Å². The summed E-state index contributed by atoms with van der Waals surface area (Å²) in [6.45, 7) is 1.84. The van der Waals surface area contributed by atoms with Crippen LogP contribution in [0.2, 0.25) is 0 Å². The van der Waals surface area contributed by atoms with Crippen molar-refractivity contribution in [2.45, 2.75) is 6.92 Å². The van der Waals surface area contributed by atoms with Gasteiger partial charge in [-0.2, -0.15) is 0 Å². The average Bonchev–Trinajstić information content (AvgIpc) is 2.65. The van der Waals surface area contributed by atoms with Gasteiger partial charge >= 0.3 is 0 Å². The Morgan fingerprint density at radius 1 is 1.43 bits per heavy atom. The smallest absolute Gasteiger partial charge is 0.181 e. The average molecular weight is 187 g/mol. The van der Waals surface area contributed by atoms with Crippen LogP contribution in [0.25, 0.3) is 11.3 Å². The van der Waals surface area contributed by atoms with Crippen LogP contribution >= 0.6 is 0 Å². The molecule has 1 aromatic carbocycles. The van der Waals surface area contributed by atoms with Crippen molar-refractivity contribution in [1.29, 1.82) is 0 Å².